The second-order valence-corrected chi connectivity index (χ2v) is 6.61. The molecule has 0 spiro atoms. The Morgan fingerprint density at radius 2 is 2.05 bits per heavy atom. The van der Waals surface area contributed by atoms with Gasteiger partial charge in [-0.1, -0.05) is 6.92 Å². The Hall–Kier alpha value is -1.17. The summed E-state index contributed by atoms with van der Waals surface area (Å²) < 4.78 is 25.7. The van der Waals surface area contributed by atoms with Crippen molar-refractivity contribution in [2.45, 2.75) is 25.0 Å². The van der Waals surface area contributed by atoms with Gasteiger partial charge in [0.15, 0.2) is 5.25 Å². The van der Waals surface area contributed by atoms with Crippen LogP contribution < -0.4 is 0 Å². The first-order chi connectivity index (χ1) is 8.91. The number of nitrogens with zero attached hydrogens (tertiary/aromatic N) is 3. The van der Waals surface area contributed by atoms with E-state index in [1.165, 1.54) is 4.31 Å². The van der Waals surface area contributed by atoms with E-state index in [9.17, 15) is 13.2 Å². The normalized spacial score (nSPS) is 20.4. The summed E-state index contributed by atoms with van der Waals surface area (Å²) in [5.74, 6) is -0.917. The molecule has 1 aliphatic rings. The van der Waals surface area contributed by atoms with Crippen LogP contribution in [-0.4, -0.2) is 66.7 Å². The molecule has 0 saturated carbocycles. The monoisotopic (exact) mass is 289 g/mol. The van der Waals surface area contributed by atoms with Crippen LogP contribution in [0.5, 0.6) is 0 Å². The molecule has 1 N–H and O–H groups in total. The zero-order valence-corrected chi connectivity index (χ0v) is 11.8. The van der Waals surface area contributed by atoms with Gasteiger partial charge in [0.2, 0.25) is 10.0 Å². The maximum Gasteiger partial charge on any atom is 0.317 e. The summed E-state index contributed by atoms with van der Waals surface area (Å²) in [6.45, 7) is 3.11. The molecule has 1 heterocycles. The van der Waals surface area contributed by atoms with Crippen LogP contribution in [0.4, 0.5) is 0 Å². The van der Waals surface area contributed by atoms with E-state index in [4.69, 9.17) is 10.4 Å². The molecule has 19 heavy (non-hydrogen) atoms. The van der Waals surface area contributed by atoms with Crippen LogP contribution in [0.3, 0.4) is 0 Å². The molecule has 1 unspecified atom stereocenters. The van der Waals surface area contributed by atoms with Crippen LogP contribution in [0.1, 0.15) is 19.8 Å². The fourth-order valence-corrected chi connectivity index (χ4v) is 3.73. The van der Waals surface area contributed by atoms with E-state index >= 15 is 0 Å². The molecule has 1 fully saturated rings. The number of rotatable bonds is 5. The average molecular weight is 289 g/mol. The van der Waals surface area contributed by atoms with Crippen molar-refractivity contribution >= 4 is 16.0 Å². The number of hydrogen-bond donors (Lipinski definition) is 1. The molecule has 0 bridgehead atoms. The van der Waals surface area contributed by atoms with E-state index in [0.717, 1.165) is 0 Å². The summed E-state index contributed by atoms with van der Waals surface area (Å²) in [6, 6.07) is 1.82. The maximum atomic E-state index is 12.2. The largest absolute Gasteiger partial charge is 0.480 e. The average Bonchev–Trinajstić information content (AvgIpc) is 2.55. The van der Waals surface area contributed by atoms with Gasteiger partial charge in [-0.25, -0.2) is 8.42 Å². The van der Waals surface area contributed by atoms with E-state index < -0.39 is 21.2 Å². The lowest BCUT2D eigenvalue weighted by Crippen LogP contribution is -2.40. The van der Waals surface area contributed by atoms with Gasteiger partial charge in [0.1, 0.15) is 0 Å². The Kier molecular flexibility index (Phi) is 5.72. The first-order valence-corrected chi connectivity index (χ1v) is 7.74. The number of carbonyl (C=O) groups is 1. The highest BCUT2D eigenvalue weighted by molar-refractivity contribution is 7.90. The second-order valence-electron chi connectivity index (χ2n) is 4.49. The third-order valence-corrected chi connectivity index (χ3v) is 5.38. The first kappa shape index (κ1) is 15.9. The number of carboxylic acid groups (broad SMARTS) is 1. The van der Waals surface area contributed by atoms with Gasteiger partial charge in [0.05, 0.1) is 12.6 Å². The Labute approximate surface area is 113 Å². The topological polar surface area (TPSA) is 102 Å². The molecule has 1 aliphatic heterocycles. The molecule has 0 aliphatic carbocycles. The molecule has 0 aromatic carbocycles. The van der Waals surface area contributed by atoms with Crippen molar-refractivity contribution in [3.8, 4) is 6.07 Å². The van der Waals surface area contributed by atoms with Gasteiger partial charge in [-0.2, -0.15) is 9.57 Å². The van der Waals surface area contributed by atoms with Crippen LogP contribution in [0.15, 0.2) is 0 Å². The third-order valence-electron chi connectivity index (χ3n) is 3.14. The Balaban J connectivity index is 2.72. The summed E-state index contributed by atoms with van der Waals surface area (Å²) in [7, 11) is -3.60. The van der Waals surface area contributed by atoms with Crippen molar-refractivity contribution in [1.82, 2.24) is 9.21 Å². The minimum Gasteiger partial charge on any atom is -0.480 e. The lowest BCUT2D eigenvalue weighted by Gasteiger charge is -2.22. The zero-order chi connectivity index (χ0) is 14.5. The maximum absolute atomic E-state index is 12.2. The van der Waals surface area contributed by atoms with Crippen molar-refractivity contribution in [1.29, 1.82) is 5.26 Å². The molecule has 1 rings (SSSR count). The van der Waals surface area contributed by atoms with E-state index in [1.807, 2.05) is 6.07 Å². The standard InChI is InChI=1S/C11H19N3O4S/c1-2-10(8-12)19(17,18)14-5-3-4-13(6-7-14)9-11(15)16/h10H,2-7,9H2,1H3,(H,15,16). The quantitative estimate of drug-likeness (QED) is 0.746. The fourth-order valence-electron chi connectivity index (χ4n) is 2.10. The van der Waals surface area contributed by atoms with Gasteiger partial charge in [0.25, 0.3) is 0 Å². The van der Waals surface area contributed by atoms with Gasteiger partial charge >= 0.3 is 5.97 Å². The predicted molar refractivity (Wildman–Crippen MR) is 68.9 cm³/mol. The molecule has 8 heteroatoms. The van der Waals surface area contributed by atoms with E-state index in [-0.39, 0.29) is 19.5 Å². The van der Waals surface area contributed by atoms with Crippen LogP contribution in [-0.2, 0) is 14.8 Å². The Morgan fingerprint density at radius 1 is 1.37 bits per heavy atom. The Morgan fingerprint density at radius 3 is 2.58 bits per heavy atom. The smallest absolute Gasteiger partial charge is 0.317 e. The van der Waals surface area contributed by atoms with Crippen molar-refractivity contribution in [3.63, 3.8) is 0 Å². The molecule has 7 nitrogen and oxygen atoms in total. The SMILES string of the molecule is CCC(C#N)S(=O)(=O)N1CCCN(CC(=O)O)CC1. The van der Waals surface area contributed by atoms with Crippen molar-refractivity contribution in [2.24, 2.45) is 0 Å². The Bertz CT molecular complexity index is 457. The number of nitriles is 1. The third kappa shape index (κ3) is 4.16. The van der Waals surface area contributed by atoms with Crippen molar-refractivity contribution in [2.75, 3.05) is 32.7 Å². The van der Waals surface area contributed by atoms with Gasteiger partial charge < -0.3 is 5.11 Å². The van der Waals surface area contributed by atoms with Crippen LogP contribution in [0.2, 0.25) is 0 Å². The minimum atomic E-state index is -3.60. The summed E-state index contributed by atoms with van der Waals surface area (Å²) in [4.78, 5) is 12.4. The minimum absolute atomic E-state index is 0.0800. The highest BCUT2D eigenvalue weighted by atomic mass is 32.2. The summed E-state index contributed by atoms with van der Waals surface area (Å²) in [5.41, 5.74) is 0. The molecular formula is C11H19N3O4S. The van der Waals surface area contributed by atoms with E-state index in [0.29, 0.717) is 26.1 Å². The van der Waals surface area contributed by atoms with Gasteiger partial charge in [-0.15, -0.1) is 0 Å². The summed E-state index contributed by atoms with van der Waals surface area (Å²) >= 11 is 0. The molecule has 0 radical (unpaired) electrons. The second kappa shape index (κ2) is 6.84. The molecular weight excluding hydrogens is 270 g/mol. The number of carboxylic acids is 1. The van der Waals surface area contributed by atoms with Gasteiger partial charge in [0, 0.05) is 26.2 Å². The molecule has 0 aromatic rings. The predicted octanol–water partition coefficient (Wildman–Crippen LogP) is -0.289. The number of aliphatic carboxylic acids is 1. The highest BCUT2D eigenvalue weighted by Crippen LogP contribution is 2.14. The molecule has 0 amide bonds. The summed E-state index contributed by atoms with van der Waals surface area (Å²) in [6.07, 6.45) is 0.836. The lowest BCUT2D eigenvalue weighted by atomic mass is 10.4. The fraction of sp³-hybridized carbons (Fsp3) is 0.818. The number of sulfonamides is 1. The zero-order valence-electron chi connectivity index (χ0n) is 10.9. The van der Waals surface area contributed by atoms with Crippen molar-refractivity contribution in [3.05, 3.63) is 0 Å². The number of hydrogen-bond acceptors (Lipinski definition) is 5. The lowest BCUT2D eigenvalue weighted by molar-refractivity contribution is -0.138. The van der Waals surface area contributed by atoms with Gasteiger partial charge in [-0.3, -0.25) is 9.69 Å². The van der Waals surface area contributed by atoms with E-state index in [1.54, 1.807) is 11.8 Å². The van der Waals surface area contributed by atoms with Crippen LogP contribution >= 0.6 is 0 Å². The first-order valence-electron chi connectivity index (χ1n) is 6.24. The molecule has 108 valence electrons. The highest BCUT2D eigenvalue weighted by Gasteiger charge is 2.32. The van der Waals surface area contributed by atoms with Crippen LogP contribution in [0.25, 0.3) is 0 Å². The van der Waals surface area contributed by atoms with Gasteiger partial charge in [-0.05, 0) is 12.8 Å². The van der Waals surface area contributed by atoms with Crippen LogP contribution in [0, 0.1) is 11.3 Å². The molecule has 0 aromatic heterocycles. The van der Waals surface area contributed by atoms with Crippen molar-refractivity contribution < 1.29 is 18.3 Å². The molecule has 1 atom stereocenters. The van der Waals surface area contributed by atoms with E-state index in [2.05, 4.69) is 0 Å². The molecule has 1 saturated heterocycles. The summed E-state index contributed by atoms with van der Waals surface area (Å²) in [5, 5.41) is 16.6.